The highest BCUT2D eigenvalue weighted by atomic mass is 19.1. The average Bonchev–Trinajstić information content (AvgIpc) is 3.45. The number of amides is 1. The van der Waals surface area contributed by atoms with Crippen LogP contribution in [0.4, 0.5) is 8.78 Å². The Morgan fingerprint density at radius 3 is 2.66 bits per heavy atom. The van der Waals surface area contributed by atoms with E-state index in [0.29, 0.717) is 18.9 Å². The molecule has 7 nitrogen and oxygen atoms in total. The smallest absolute Gasteiger partial charge is 0.291 e. The molecule has 3 unspecified atom stereocenters. The van der Waals surface area contributed by atoms with E-state index in [9.17, 15) is 13.6 Å². The summed E-state index contributed by atoms with van der Waals surface area (Å²) in [6, 6.07) is 5.69. The summed E-state index contributed by atoms with van der Waals surface area (Å²) in [5, 5.41) is 15.8. The molecule has 2 fully saturated rings. The Labute approximate surface area is 202 Å². The largest absolute Gasteiger partial charge is 0.336 e. The number of likely N-dealkylation sites (tertiary alicyclic amines) is 1. The number of piperidine rings is 1. The Hall–Kier alpha value is -3.23. The minimum absolute atomic E-state index is 0.115. The molecule has 3 heterocycles. The number of hydrogen-bond acceptors (Lipinski definition) is 5. The molecule has 1 N–H and O–H groups in total. The third kappa shape index (κ3) is 3.02. The second-order valence-corrected chi connectivity index (χ2v) is 10.7. The molecule has 1 aliphatic heterocycles. The van der Waals surface area contributed by atoms with Crippen LogP contribution in [0.3, 0.4) is 0 Å². The van der Waals surface area contributed by atoms with Gasteiger partial charge in [0.15, 0.2) is 0 Å². The van der Waals surface area contributed by atoms with Crippen molar-refractivity contribution in [2.45, 2.75) is 57.8 Å². The molecule has 0 radical (unpaired) electrons. The van der Waals surface area contributed by atoms with Crippen LogP contribution in [0.25, 0.3) is 11.3 Å². The lowest BCUT2D eigenvalue weighted by atomic mass is 9.59. The van der Waals surface area contributed by atoms with Gasteiger partial charge in [-0.2, -0.15) is 15.3 Å². The van der Waals surface area contributed by atoms with Crippen molar-refractivity contribution in [3.63, 3.8) is 0 Å². The summed E-state index contributed by atoms with van der Waals surface area (Å²) in [5.41, 5.74) is 1.73. The molecule has 3 aliphatic rings. The molecule has 0 spiro atoms. The number of hydrogen-bond donors (Lipinski definition) is 1. The van der Waals surface area contributed by atoms with Crippen molar-refractivity contribution in [1.82, 2.24) is 30.3 Å². The molecule has 182 valence electrons. The fraction of sp³-hybridized carbons (Fsp3) is 0.500. The molecule has 2 aliphatic carbocycles. The number of nitrogens with one attached hydrogen (secondary N) is 1. The van der Waals surface area contributed by atoms with Crippen LogP contribution in [-0.2, 0) is 5.41 Å². The third-order valence-corrected chi connectivity index (χ3v) is 8.89. The summed E-state index contributed by atoms with van der Waals surface area (Å²) < 4.78 is 29.0. The van der Waals surface area contributed by atoms with Gasteiger partial charge >= 0.3 is 0 Å². The minimum atomic E-state index is -0.638. The molecule has 2 aromatic heterocycles. The standard InChI is InChI=1S/C26H28F2N6O/c1-14-29-23(33-30-14)24(35)34-11-5-6-15(13-34)26-10-9-17(25(26,2)3)16-12-20(31-32-22(16)26)21-18(27)7-4-8-19(21)28/h4,7-8,12,15,17H,5-6,9-11,13H2,1-3H3,(H,29,30,33). The number of nitrogens with zero attached hydrogens (tertiary/aromatic N) is 5. The van der Waals surface area contributed by atoms with E-state index in [1.165, 1.54) is 18.2 Å². The Morgan fingerprint density at radius 1 is 1.17 bits per heavy atom. The Morgan fingerprint density at radius 2 is 1.94 bits per heavy atom. The first kappa shape index (κ1) is 22.2. The highest BCUT2D eigenvalue weighted by molar-refractivity contribution is 5.90. The van der Waals surface area contributed by atoms with E-state index in [0.717, 1.165) is 36.9 Å². The lowest BCUT2D eigenvalue weighted by Crippen LogP contribution is -2.51. The first-order valence-corrected chi connectivity index (χ1v) is 12.2. The van der Waals surface area contributed by atoms with Crippen LogP contribution in [0.5, 0.6) is 0 Å². The number of halogens is 2. The number of aromatic amines is 1. The molecule has 9 heteroatoms. The van der Waals surface area contributed by atoms with Gasteiger partial charge in [0.2, 0.25) is 5.82 Å². The van der Waals surface area contributed by atoms with Crippen LogP contribution in [0.1, 0.15) is 73.1 Å². The first-order chi connectivity index (χ1) is 16.7. The fourth-order valence-corrected chi connectivity index (χ4v) is 7.30. The maximum atomic E-state index is 14.5. The summed E-state index contributed by atoms with van der Waals surface area (Å²) in [6.07, 6.45) is 3.83. The van der Waals surface area contributed by atoms with Crippen LogP contribution >= 0.6 is 0 Å². The third-order valence-electron chi connectivity index (χ3n) is 8.89. The van der Waals surface area contributed by atoms with Crippen molar-refractivity contribution in [2.24, 2.45) is 11.3 Å². The van der Waals surface area contributed by atoms with Crippen LogP contribution < -0.4 is 0 Å². The zero-order valence-electron chi connectivity index (χ0n) is 20.1. The minimum Gasteiger partial charge on any atom is -0.336 e. The van der Waals surface area contributed by atoms with Gasteiger partial charge in [-0.3, -0.25) is 9.89 Å². The Kier molecular flexibility index (Phi) is 4.85. The van der Waals surface area contributed by atoms with E-state index >= 15 is 0 Å². The maximum absolute atomic E-state index is 14.5. The molecule has 3 aromatic rings. The number of carbonyl (C=O) groups is 1. The van der Waals surface area contributed by atoms with Gasteiger partial charge in [-0.25, -0.2) is 13.8 Å². The van der Waals surface area contributed by atoms with E-state index in [4.69, 9.17) is 0 Å². The van der Waals surface area contributed by atoms with Gasteiger partial charge in [0.25, 0.3) is 5.91 Å². The molecular formula is C26H28F2N6O. The molecule has 1 saturated heterocycles. The van der Waals surface area contributed by atoms with E-state index in [-0.39, 0.29) is 45.7 Å². The summed E-state index contributed by atoms with van der Waals surface area (Å²) in [5.74, 6) is -0.162. The number of rotatable bonds is 3. The molecule has 1 amide bonds. The predicted octanol–water partition coefficient (Wildman–Crippen LogP) is 4.56. The van der Waals surface area contributed by atoms with Crippen LogP contribution in [0, 0.1) is 29.9 Å². The van der Waals surface area contributed by atoms with Crippen molar-refractivity contribution in [2.75, 3.05) is 13.1 Å². The van der Waals surface area contributed by atoms with Crippen LogP contribution in [0.15, 0.2) is 24.3 Å². The zero-order chi connectivity index (χ0) is 24.5. The quantitative estimate of drug-likeness (QED) is 0.597. The molecule has 1 aromatic carbocycles. The lowest BCUT2D eigenvalue weighted by Gasteiger charge is -2.48. The SMILES string of the molecule is Cc1n[nH]c(C(=O)N2CCCC(C34CCC(c5cc(-c6c(F)cccc6F)nnc53)C4(C)C)C2)n1. The van der Waals surface area contributed by atoms with Crippen molar-refractivity contribution in [3.05, 3.63) is 58.8 Å². The summed E-state index contributed by atoms with van der Waals surface area (Å²) >= 11 is 0. The van der Waals surface area contributed by atoms with Gasteiger partial charge < -0.3 is 4.90 Å². The lowest BCUT2D eigenvalue weighted by molar-refractivity contribution is 0.0415. The topological polar surface area (TPSA) is 87.7 Å². The normalized spacial score (nSPS) is 26.7. The second-order valence-electron chi connectivity index (χ2n) is 10.7. The van der Waals surface area contributed by atoms with Gasteiger partial charge in [0.1, 0.15) is 17.5 Å². The maximum Gasteiger partial charge on any atom is 0.291 e. The monoisotopic (exact) mass is 478 g/mol. The first-order valence-electron chi connectivity index (χ1n) is 12.2. The van der Waals surface area contributed by atoms with Gasteiger partial charge in [-0.05, 0) is 73.6 Å². The molecular weight excluding hydrogens is 450 g/mol. The highest BCUT2D eigenvalue weighted by Crippen LogP contribution is 2.70. The molecule has 6 rings (SSSR count). The number of benzene rings is 1. The fourth-order valence-electron chi connectivity index (χ4n) is 7.30. The average molecular weight is 479 g/mol. The van der Waals surface area contributed by atoms with E-state index < -0.39 is 11.6 Å². The van der Waals surface area contributed by atoms with Gasteiger partial charge in [0.05, 0.1) is 17.0 Å². The van der Waals surface area contributed by atoms with E-state index in [1.807, 2.05) is 11.0 Å². The van der Waals surface area contributed by atoms with Crippen molar-refractivity contribution in [1.29, 1.82) is 0 Å². The van der Waals surface area contributed by atoms with Crippen molar-refractivity contribution in [3.8, 4) is 11.3 Å². The van der Waals surface area contributed by atoms with Gasteiger partial charge in [0, 0.05) is 18.5 Å². The Bertz CT molecular complexity index is 1320. The molecule has 2 bridgehead atoms. The summed E-state index contributed by atoms with van der Waals surface area (Å²) in [7, 11) is 0. The number of aryl methyl sites for hydroxylation is 1. The highest BCUT2D eigenvalue weighted by Gasteiger charge is 2.66. The zero-order valence-corrected chi connectivity index (χ0v) is 20.1. The number of fused-ring (bicyclic) bond motifs is 5. The second kappa shape index (κ2) is 7.63. The van der Waals surface area contributed by atoms with E-state index in [1.54, 1.807) is 6.92 Å². The predicted molar refractivity (Wildman–Crippen MR) is 125 cm³/mol. The van der Waals surface area contributed by atoms with E-state index in [2.05, 4.69) is 39.2 Å². The summed E-state index contributed by atoms with van der Waals surface area (Å²) in [6.45, 7) is 7.59. The molecule has 3 atom stereocenters. The number of H-pyrrole nitrogens is 1. The number of carbonyl (C=O) groups excluding carboxylic acids is 1. The van der Waals surface area contributed by atoms with Crippen molar-refractivity contribution < 1.29 is 13.6 Å². The number of aromatic nitrogens is 5. The van der Waals surface area contributed by atoms with Crippen molar-refractivity contribution >= 4 is 5.91 Å². The van der Waals surface area contributed by atoms with Gasteiger partial charge in [-0.15, -0.1) is 0 Å². The molecule has 35 heavy (non-hydrogen) atoms. The van der Waals surface area contributed by atoms with Crippen LogP contribution in [-0.4, -0.2) is 49.3 Å². The van der Waals surface area contributed by atoms with Crippen LogP contribution in [0.2, 0.25) is 0 Å². The summed E-state index contributed by atoms with van der Waals surface area (Å²) in [4.78, 5) is 19.2. The van der Waals surface area contributed by atoms with Gasteiger partial charge in [-0.1, -0.05) is 19.9 Å². The molecule has 1 saturated carbocycles. The Balaban J connectivity index is 1.39.